The quantitative estimate of drug-likeness (QED) is 0.690. The Morgan fingerprint density at radius 3 is 2.81 bits per heavy atom. The van der Waals surface area contributed by atoms with Crippen molar-refractivity contribution in [2.75, 3.05) is 5.32 Å². The highest BCUT2D eigenvalue weighted by molar-refractivity contribution is 5.99. The molecule has 0 atom stereocenters. The van der Waals surface area contributed by atoms with E-state index in [4.69, 9.17) is 5.11 Å². The Kier molecular flexibility index (Phi) is 4.17. The zero-order chi connectivity index (χ0) is 15.4. The molecule has 0 bridgehead atoms. The highest BCUT2D eigenvalue weighted by Crippen LogP contribution is 2.17. The molecule has 0 saturated carbocycles. The van der Waals surface area contributed by atoms with E-state index in [1.54, 1.807) is 6.20 Å². The van der Waals surface area contributed by atoms with Gasteiger partial charge in [0.15, 0.2) is 0 Å². The molecule has 1 heterocycles. The average Bonchev–Trinajstić information content (AvgIpc) is 2.84. The number of urea groups is 1. The van der Waals surface area contributed by atoms with Crippen molar-refractivity contribution in [3.05, 3.63) is 47.0 Å². The number of aromatic nitrogens is 2. The Morgan fingerprint density at radius 2 is 2.19 bits per heavy atom. The average molecular weight is 292 g/mol. The Bertz CT molecular complexity index is 684. The van der Waals surface area contributed by atoms with Crippen LogP contribution < -0.4 is 10.6 Å². The molecule has 0 radical (unpaired) electrons. The number of carbonyl (C=O) groups is 2. The first-order valence-electron chi connectivity index (χ1n) is 6.04. The molecular weight excluding hydrogens is 279 g/mol. The maximum Gasteiger partial charge on any atom is 0.337 e. The van der Waals surface area contributed by atoms with Gasteiger partial charge in [-0.1, -0.05) is 0 Å². The highest BCUT2D eigenvalue weighted by Gasteiger charge is 2.13. The van der Waals surface area contributed by atoms with Crippen molar-refractivity contribution in [1.29, 1.82) is 0 Å². The maximum atomic E-state index is 13.0. The molecule has 0 spiro atoms. The number of hydrogen-bond acceptors (Lipinski definition) is 3. The number of nitrogens with zero attached hydrogens (tertiary/aromatic N) is 1. The maximum absolute atomic E-state index is 13.0. The molecule has 8 heteroatoms. The van der Waals surface area contributed by atoms with Crippen LogP contribution in [0.2, 0.25) is 0 Å². The number of anilines is 1. The molecular formula is C13H13FN4O3. The first-order chi connectivity index (χ1) is 9.97. The number of halogens is 1. The van der Waals surface area contributed by atoms with Crippen LogP contribution in [0, 0.1) is 12.7 Å². The van der Waals surface area contributed by atoms with E-state index in [0.717, 1.165) is 23.4 Å². The van der Waals surface area contributed by atoms with Gasteiger partial charge in [0.25, 0.3) is 0 Å². The lowest BCUT2D eigenvalue weighted by Crippen LogP contribution is -2.29. The van der Waals surface area contributed by atoms with Crippen LogP contribution in [0.5, 0.6) is 0 Å². The number of amides is 2. The Labute approximate surface area is 119 Å². The SMILES string of the molecule is Cc1[nH]ncc1CNC(=O)Nc1ccc(F)cc1C(=O)O. The lowest BCUT2D eigenvalue weighted by atomic mass is 10.1. The van der Waals surface area contributed by atoms with Gasteiger partial charge in [-0.25, -0.2) is 14.0 Å². The van der Waals surface area contributed by atoms with E-state index in [0.29, 0.717) is 0 Å². The number of nitrogens with one attached hydrogen (secondary N) is 3. The molecule has 21 heavy (non-hydrogen) atoms. The molecule has 0 unspecified atom stereocenters. The lowest BCUT2D eigenvalue weighted by Gasteiger charge is -2.09. The number of carboxylic acid groups (broad SMARTS) is 1. The fourth-order valence-electron chi connectivity index (χ4n) is 1.70. The zero-order valence-corrected chi connectivity index (χ0v) is 11.1. The summed E-state index contributed by atoms with van der Waals surface area (Å²) in [5.41, 5.74) is 1.33. The van der Waals surface area contributed by atoms with Gasteiger partial charge in [0.2, 0.25) is 0 Å². The van der Waals surface area contributed by atoms with Crippen molar-refractivity contribution >= 4 is 17.7 Å². The van der Waals surface area contributed by atoms with E-state index in [9.17, 15) is 14.0 Å². The summed E-state index contributed by atoms with van der Waals surface area (Å²) in [6, 6.07) is 2.52. The minimum Gasteiger partial charge on any atom is -0.478 e. The van der Waals surface area contributed by atoms with Crippen molar-refractivity contribution in [2.24, 2.45) is 0 Å². The van der Waals surface area contributed by atoms with E-state index >= 15 is 0 Å². The number of rotatable bonds is 4. The smallest absolute Gasteiger partial charge is 0.337 e. The number of carboxylic acids is 1. The minimum absolute atomic E-state index is 0.0188. The van der Waals surface area contributed by atoms with Gasteiger partial charge in [-0.15, -0.1) is 0 Å². The lowest BCUT2D eigenvalue weighted by molar-refractivity contribution is 0.0697. The topological polar surface area (TPSA) is 107 Å². The molecule has 1 aromatic heterocycles. The van der Waals surface area contributed by atoms with Crippen molar-refractivity contribution in [2.45, 2.75) is 13.5 Å². The van der Waals surface area contributed by atoms with E-state index < -0.39 is 17.8 Å². The third kappa shape index (κ3) is 3.56. The fraction of sp³-hybridized carbons (Fsp3) is 0.154. The molecule has 2 rings (SSSR count). The summed E-state index contributed by atoms with van der Waals surface area (Å²) in [6.45, 7) is 2.04. The van der Waals surface area contributed by atoms with Crippen LogP contribution in [0.25, 0.3) is 0 Å². The number of carbonyl (C=O) groups excluding carboxylic acids is 1. The molecule has 0 aliphatic rings. The van der Waals surface area contributed by atoms with Gasteiger partial charge in [-0.2, -0.15) is 5.10 Å². The van der Waals surface area contributed by atoms with Gasteiger partial charge in [0.1, 0.15) is 5.82 Å². The fourth-order valence-corrected chi connectivity index (χ4v) is 1.70. The Hall–Kier alpha value is -2.90. The van der Waals surface area contributed by atoms with E-state index in [-0.39, 0.29) is 17.8 Å². The van der Waals surface area contributed by atoms with Gasteiger partial charge in [0, 0.05) is 17.8 Å². The van der Waals surface area contributed by atoms with Crippen molar-refractivity contribution in [1.82, 2.24) is 15.5 Å². The molecule has 4 N–H and O–H groups in total. The summed E-state index contributed by atoms with van der Waals surface area (Å²) >= 11 is 0. The highest BCUT2D eigenvalue weighted by atomic mass is 19.1. The third-order valence-corrected chi connectivity index (χ3v) is 2.83. The summed E-state index contributed by atoms with van der Waals surface area (Å²) in [4.78, 5) is 22.7. The molecule has 110 valence electrons. The largest absolute Gasteiger partial charge is 0.478 e. The number of H-pyrrole nitrogens is 1. The number of benzene rings is 1. The summed E-state index contributed by atoms with van der Waals surface area (Å²) < 4.78 is 13.0. The summed E-state index contributed by atoms with van der Waals surface area (Å²) in [5.74, 6) is -2.01. The molecule has 0 aliphatic carbocycles. The van der Waals surface area contributed by atoms with Gasteiger partial charge >= 0.3 is 12.0 Å². The van der Waals surface area contributed by atoms with E-state index in [1.807, 2.05) is 6.92 Å². The van der Waals surface area contributed by atoms with Crippen molar-refractivity contribution in [3.63, 3.8) is 0 Å². The van der Waals surface area contributed by atoms with Crippen molar-refractivity contribution < 1.29 is 19.1 Å². The molecule has 1 aromatic carbocycles. The number of hydrogen-bond donors (Lipinski definition) is 4. The summed E-state index contributed by atoms with van der Waals surface area (Å²) in [5, 5.41) is 20.4. The number of aromatic carboxylic acids is 1. The Balaban J connectivity index is 2.03. The second kappa shape index (κ2) is 6.04. The number of aryl methyl sites for hydroxylation is 1. The minimum atomic E-state index is -1.32. The van der Waals surface area contributed by atoms with Crippen LogP contribution in [0.15, 0.2) is 24.4 Å². The van der Waals surface area contributed by atoms with Crippen LogP contribution in [-0.4, -0.2) is 27.3 Å². The third-order valence-electron chi connectivity index (χ3n) is 2.83. The Morgan fingerprint density at radius 1 is 1.43 bits per heavy atom. The van der Waals surface area contributed by atoms with Crippen molar-refractivity contribution in [3.8, 4) is 0 Å². The molecule has 0 fully saturated rings. The first-order valence-corrected chi connectivity index (χ1v) is 6.04. The van der Waals surface area contributed by atoms with Crippen LogP contribution in [-0.2, 0) is 6.54 Å². The van der Waals surface area contributed by atoms with E-state index in [1.165, 1.54) is 6.07 Å². The van der Waals surface area contributed by atoms with Crippen LogP contribution >= 0.6 is 0 Å². The molecule has 0 aliphatic heterocycles. The zero-order valence-electron chi connectivity index (χ0n) is 11.1. The summed E-state index contributed by atoms with van der Waals surface area (Å²) in [7, 11) is 0. The monoisotopic (exact) mass is 292 g/mol. The second-order valence-electron chi connectivity index (χ2n) is 4.32. The van der Waals surface area contributed by atoms with E-state index in [2.05, 4.69) is 20.8 Å². The summed E-state index contributed by atoms with van der Waals surface area (Å²) in [6.07, 6.45) is 1.58. The van der Waals surface area contributed by atoms with Gasteiger partial charge in [0.05, 0.1) is 17.4 Å². The predicted octanol–water partition coefficient (Wildman–Crippen LogP) is 1.88. The number of aromatic amines is 1. The van der Waals surface area contributed by atoms with Crippen LogP contribution in [0.3, 0.4) is 0 Å². The predicted molar refractivity (Wildman–Crippen MR) is 72.5 cm³/mol. The molecule has 2 aromatic rings. The second-order valence-corrected chi connectivity index (χ2v) is 4.32. The van der Waals surface area contributed by atoms with Gasteiger partial charge in [-0.3, -0.25) is 5.10 Å². The van der Waals surface area contributed by atoms with Crippen LogP contribution in [0.4, 0.5) is 14.9 Å². The van der Waals surface area contributed by atoms with Gasteiger partial charge < -0.3 is 15.7 Å². The van der Waals surface area contributed by atoms with Gasteiger partial charge in [-0.05, 0) is 25.1 Å². The van der Waals surface area contributed by atoms with Crippen LogP contribution in [0.1, 0.15) is 21.6 Å². The molecule has 2 amide bonds. The molecule has 7 nitrogen and oxygen atoms in total. The standard InChI is InChI=1S/C13H13FN4O3/c1-7-8(6-16-18-7)5-15-13(21)17-11-3-2-9(14)4-10(11)12(19)20/h2-4,6H,5H2,1H3,(H,16,18)(H,19,20)(H2,15,17,21). The molecule has 0 saturated heterocycles. The normalized spacial score (nSPS) is 10.2. The first kappa shape index (κ1) is 14.5.